The van der Waals surface area contributed by atoms with Gasteiger partial charge in [0.05, 0.1) is 13.5 Å². The zero-order valence-corrected chi connectivity index (χ0v) is 22.5. The van der Waals surface area contributed by atoms with E-state index in [4.69, 9.17) is 9.72 Å². The predicted octanol–water partition coefficient (Wildman–Crippen LogP) is 6.75. The molecule has 7 heteroatoms. The summed E-state index contributed by atoms with van der Waals surface area (Å²) in [6, 6.07) is 21.3. The Hall–Kier alpha value is -3.87. The molecule has 1 aromatic heterocycles. The normalized spacial score (nSPS) is 11.6. The molecule has 0 radical (unpaired) electrons. The number of aromatic nitrogens is 1. The van der Waals surface area contributed by atoms with Gasteiger partial charge in [0, 0.05) is 42.1 Å². The molecule has 0 spiro atoms. The Morgan fingerprint density at radius 2 is 1.65 bits per heavy atom. The van der Waals surface area contributed by atoms with Crippen LogP contribution in [0.15, 0.2) is 66.7 Å². The van der Waals surface area contributed by atoms with Crippen molar-refractivity contribution in [3.8, 4) is 0 Å². The predicted molar refractivity (Wildman–Crippen MR) is 150 cm³/mol. The van der Waals surface area contributed by atoms with Crippen molar-refractivity contribution >= 4 is 29.2 Å². The molecule has 0 saturated heterocycles. The SMILES string of the molecule is CCC(CC(=O)OC)c1cc(NC(=O)Nc2ccc(C)cc2)cc(N(Cc2ccccc2)CC(C)C)n1. The maximum atomic E-state index is 12.9. The lowest BCUT2D eigenvalue weighted by Crippen LogP contribution is -2.29. The number of anilines is 3. The third-order valence-electron chi connectivity index (χ3n) is 6.08. The number of hydrogen-bond acceptors (Lipinski definition) is 5. The molecule has 0 aliphatic carbocycles. The fraction of sp³-hybridized carbons (Fsp3) is 0.367. The lowest BCUT2D eigenvalue weighted by atomic mass is 9.97. The molecule has 2 amide bonds. The molecule has 0 aliphatic heterocycles. The Morgan fingerprint density at radius 1 is 0.973 bits per heavy atom. The number of carbonyl (C=O) groups excluding carboxylic acids is 2. The van der Waals surface area contributed by atoms with Crippen LogP contribution in [-0.4, -0.2) is 30.6 Å². The van der Waals surface area contributed by atoms with Gasteiger partial charge in [-0.2, -0.15) is 0 Å². The Morgan fingerprint density at radius 3 is 2.27 bits per heavy atom. The molecule has 1 atom stereocenters. The van der Waals surface area contributed by atoms with Crippen LogP contribution in [0.3, 0.4) is 0 Å². The summed E-state index contributed by atoms with van der Waals surface area (Å²) in [5.74, 6) is 0.733. The van der Waals surface area contributed by atoms with Crippen molar-refractivity contribution in [3.05, 3.63) is 83.6 Å². The number of hydrogen-bond donors (Lipinski definition) is 2. The fourth-order valence-corrected chi connectivity index (χ4v) is 4.14. The van der Waals surface area contributed by atoms with Crippen LogP contribution in [0.2, 0.25) is 0 Å². The third kappa shape index (κ3) is 8.63. The Labute approximate surface area is 220 Å². The standard InChI is InChI=1S/C30H38N4O3/c1-6-24(16-29(35)37-5)27-17-26(32-30(36)31-25-14-12-22(4)13-15-25)18-28(33-27)34(19-21(2)3)20-23-10-8-7-9-11-23/h7-15,17-18,21,24H,6,16,19-20H2,1-5H3,(H2,31,32,33,36). The molecule has 0 saturated carbocycles. The summed E-state index contributed by atoms with van der Waals surface area (Å²) >= 11 is 0. The van der Waals surface area contributed by atoms with Crippen molar-refractivity contribution < 1.29 is 14.3 Å². The fourth-order valence-electron chi connectivity index (χ4n) is 4.14. The van der Waals surface area contributed by atoms with Crippen molar-refractivity contribution in [3.63, 3.8) is 0 Å². The highest BCUT2D eigenvalue weighted by Gasteiger charge is 2.21. The highest BCUT2D eigenvalue weighted by atomic mass is 16.5. The number of methoxy groups -OCH3 is 1. The number of nitrogens with zero attached hydrogens (tertiary/aromatic N) is 2. The molecular weight excluding hydrogens is 464 g/mol. The zero-order valence-electron chi connectivity index (χ0n) is 22.5. The largest absolute Gasteiger partial charge is 0.469 e. The molecule has 2 aromatic carbocycles. The van der Waals surface area contributed by atoms with Crippen molar-refractivity contribution in [2.75, 3.05) is 29.2 Å². The summed E-state index contributed by atoms with van der Waals surface area (Å²) in [4.78, 5) is 32.2. The highest BCUT2D eigenvalue weighted by molar-refractivity contribution is 6.00. The van der Waals surface area contributed by atoms with Gasteiger partial charge in [-0.3, -0.25) is 4.79 Å². The Bertz CT molecular complexity index is 1160. The van der Waals surface area contributed by atoms with Crippen LogP contribution in [0, 0.1) is 12.8 Å². The van der Waals surface area contributed by atoms with Crippen molar-refractivity contribution in [2.24, 2.45) is 5.92 Å². The highest BCUT2D eigenvalue weighted by Crippen LogP contribution is 2.29. The van der Waals surface area contributed by atoms with Crippen molar-refractivity contribution in [1.29, 1.82) is 0 Å². The first-order valence-corrected chi connectivity index (χ1v) is 12.8. The van der Waals surface area contributed by atoms with Gasteiger partial charge in [-0.05, 0) is 43.0 Å². The van der Waals surface area contributed by atoms with Crippen LogP contribution < -0.4 is 15.5 Å². The lowest BCUT2D eigenvalue weighted by Gasteiger charge is -2.28. The molecule has 196 valence electrons. The van der Waals surface area contributed by atoms with Gasteiger partial charge in [0.15, 0.2) is 0 Å². The van der Waals surface area contributed by atoms with Gasteiger partial charge in [-0.15, -0.1) is 0 Å². The number of carbonyl (C=O) groups is 2. The van der Waals surface area contributed by atoms with Gasteiger partial charge in [0.25, 0.3) is 0 Å². The minimum absolute atomic E-state index is 0.134. The van der Waals surface area contributed by atoms with E-state index in [-0.39, 0.29) is 24.3 Å². The maximum Gasteiger partial charge on any atom is 0.323 e. The van der Waals surface area contributed by atoms with E-state index in [0.717, 1.165) is 23.6 Å². The van der Waals surface area contributed by atoms with E-state index in [1.807, 2.05) is 68.4 Å². The van der Waals surface area contributed by atoms with Crippen molar-refractivity contribution in [2.45, 2.75) is 53.0 Å². The monoisotopic (exact) mass is 502 g/mol. The van der Waals surface area contributed by atoms with E-state index in [0.29, 0.717) is 30.3 Å². The van der Waals surface area contributed by atoms with Gasteiger partial charge >= 0.3 is 12.0 Å². The minimum Gasteiger partial charge on any atom is -0.469 e. The van der Waals surface area contributed by atoms with Crippen LogP contribution in [0.25, 0.3) is 0 Å². The summed E-state index contributed by atoms with van der Waals surface area (Å²) in [6.07, 6.45) is 0.935. The number of nitrogens with one attached hydrogen (secondary N) is 2. The second-order valence-electron chi connectivity index (χ2n) is 9.73. The third-order valence-corrected chi connectivity index (χ3v) is 6.08. The zero-order chi connectivity index (χ0) is 26.8. The first-order chi connectivity index (χ1) is 17.8. The average Bonchev–Trinajstić information content (AvgIpc) is 2.88. The molecule has 0 bridgehead atoms. The lowest BCUT2D eigenvalue weighted by molar-refractivity contribution is -0.141. The van der Waals surface area contributed by atoms with Crippen LogP contribution in [0.1, 0.15) is 56.4 Å². The molecule has 3 aromatic rings. The average molecular weight is 503 g/mol. The first kappa shape index (κ1) is 27.7. The quantitative estimate of drug-likeness (QED) is 0.283. The van der Waals surface area contributed by atoms with Gasteiger partial charge < -0.3 is 20.3 Å². The van der Waals surface area contributed by atoms with Crippen LogP contribution in [0.5, 0.6) is 0 Å². The Balaban J connectivity index is 1.96. The summed E-state index contributed by atoms with van der Waals surface area (Å²) in [6.45, 7) is 9.83. The Kier molecular flexibility index (Phi) is 10.1. The minimum atomic E-state index is -0.341. The molecular formula is C30H38N4O3. The maximum absolute atomic E-state index is 12.9. The molecule has 3 rings (SSSR count). The van der Waals surface area contributed by atoms with E-state index in [9.17, 15) is 9.59 Å². The molecule has 0 aliphatic rings. The molecule has 7 nitrogen and oxygen atoms in total. The number of urea groups is 1. The van der Waals surface area contributed by atoms with Gasteiger partial charge in [0.1, 0.15) is 5.82 Å². The number of ether oxygens (including phenoxy) is 1. The van der Waals surface area contributed by atoms with E-state index in [1.54, 1.807) is 0 Å². The molecule has 2 N–H and O–H groups in total. The van der Waals surface area contributed by atoms with Crippen molar-refractivity contribution in [1.82, 2.24) is 4.98 Å². The molecule has 1 unspecified atom stereocenters. The number of benzene rings is 2. The number of rotatable bonds is 11. The number of pyridine rings is 1. The van der Waals surface area contributed by atoms with Gasteiger partial charge in [-0.25, -0.2) is 9.78 Å². The van der Waals surface area contributed by atoms with E-state index >= 15 is 0 Å². The number of esters is 1. The second-order valence-corrected chi connectivity index (χ2v) is 9.73. The summed E-state index contributed by atoms with van der Waals surface area (Å²) in [5.41, 5.74) is 4.37. The number of aryl methyl sites for hydroxylation is 1. The molecule has 0 fully saturated rings. The van der Waals surface area contributed by atoms with E-state index in [1.165, 1.54) is 12.7 Å². The summed E-state index contributed by atoms with van der Waals surface area (Å²) in [5, 5.41) is 5.86. The van der Waals surface area contributed by atoms with Crippen LogP contribution in [0.4, 0.5) is 22.0 Å². The van der Waals surface area contributed by atoms with E-state index in [2.05, 4.69) is 41.5 Å². The van der Waals surface area contributed by atoms with E-state index < -0.39 is 0 Å². The molecule has 1 heterocycles. The smallest absolute Gasteiger partial charge is 0.323 e. The summed E-state index contributed by atoms with van der Waals surface area (Å²) < 4.78 is 4.93. The van der Waals surface area contributed by atoms with Crippen LogP contribution >= 0.6 is 0 Å². The topological polar surface area (TPSA) is 83.6 Å². The first-order valence-electron chi connectivity index (χ1n) is 12.8. The van der Waals surface area contributed by atoms with Gasteiger partial charge in [0.2, 0.25) is 0 Å². The van der Waals surface area contributed by atoms with Gasteiger partial charge in [-0.1, -0.05) is 68.8 Å². The summed E-state index contributed by atoms with van der Waals surface area (Å²) in [7, 11) is 1.39. The van der Waals surface area contributed by atoms with Crippen LogP contribution in [-0.2, 0) is 16.1 Å². The number of amides is 2. The molecule has 37 heavy (non-hydrogen) atoms. The second kappa shape index (κ2) is 13.4.